The summed E-state index contributed by atoms with van der Waals surface area (Å²) in [7, 11) is 0. The third-order valence-corrected chi connectivity index (χ3v) is 4.19. The van der Waals surface area contributed by atoms with Crippen LogP contribution in [0, 0.1) is 0 Å². The van der Waals surface area contributed by atoms with Crippen LogP contribution in [0.3, 0.4) is 0 Å². The fourth-order valence-electron chi connectivity index (χ4n) is 1.97. The van der Waals surface area contributed by atoms with E-state index >= 15 is 0 Å². The zero-order chi connectivity index (χ0) is 14.3. The highest BCUT2D eigenvalue weighted by molar-refractivity contribution is 7.14. The van der Waals surface area contributed by atoms with Gasteiger partial charge in [-0.05, 0) is 30.3 Å². The van der Waals surface area contributed by atoms with Gasteiger partial charge in [0.15, 0.2) is 0 Å². The number of rotatable bonds is 2. The highest BCUT2D eigenvalue weighted by Gasteiger charge is 2.14. The lowest BCUT2D eigenvalue weighted by Crippen LogP contribution is -2.00. The molecule has 0 atom stereocenters. The SMILES string of the molecule is O=C(O)c1cc(-c2csc(Cl)c2)nc2ccc(Cl)cc12. The van der Waals surface area contributed by atoms with Crippen molar-refractivity contribution in [3.05, 3.63) is 50.6 Å². The number of hydrogen-bond acceptors (Lipinski definition) is 3. The van der Waals surface area contributed by atoms with Crippen molar-refractivity contribution in [1.82, 2.24) is 4.98 Å². The standard InChI is InChI=1S/C14H7Cl2NO2S/c15-8-1-2-11-9(4-8)10(14(18)19)5-12(17-11)7-3-13(16)20-6-7/h1-6H,(H,18,19). The molecule has 0 radical (unpaired) electrons. The molecule has 3 rings (SSSR count). The third kappa shape index (κ3) is 2.38. The molecule has 3 nitrogen and oxygen atoms in total. The Bertz CT molecular complexity index is 829. The average molecular weight is 324 g/mol. The Balaban J connectivity index is 2.31. The lowest BCUT2D eigenvalue weighted by Gasteiger charge is -2.06. The number of carbonyl (C=O) groups is 1. The molecule has 0 fully saturated rings. The molecule has 0 bridgehead atoms. The molecule has 0 unspecified atom stereocenters. The summed E-state index contributed by atoms with van der Waals surface area (Å²) in [4.78, 5) is 15.9. The Morgan fingerprint density at radius 3 is 2.65 bits per heavy atom. The van der Waals surface area contributed by atoms with Crippen LogP contribution in [0.5, 0.6) is 0 Å². The topological polar surface area (TPSA) is 50.2 Å². The molecule has 20 heavy (non-hydrogen) atoms. The first-order valence-electron chi connectivity index (χ1n) is 5.62. The number of carboxylic acid groups (broad SMARTS) is 1. The maximum atomic E-state index is 11.4. The molecule has 1 aromatic carbocycles. The fraction of sp³-hybridized carbons (Fsp3) is 0. The maximum Gasteiger partial charge on any atom is 0.336 e. The van der Waals surface area contributed by atoms with E-state index in [1.807, 2.05) is 5.38 Å². The molecule has 0 saturated heterocycles. The van der Waals surface area contributed by atoms with Gasteiger partial charge in [-0.2, -0.15) is 0 Å². The van der Waals surface area contributed by atoms with Crippen LogP contribution in [0.25, 0.3) is 22.2 Å². The van der Waals surface area contributed by atoms with Gasteiger partial charge in [-0.1, -0.05) is 23.2 Å². The number of aromatic nitrogens is 1. The predicted molar refractivity (Wildman–Crippen MR) is 82.0 cm³/mol. The van der Waals surface area contributed by atoms with Crippen LogP contribution in [-0.4, -0.2) is 16.1 Å². The number of thiophene rings is 1. The Morgan fingerprint density at radius 2 is 2.00 bits per heavy atom. The van der Waals surface area contributed by atoms with Crippen LogP contribution < -0.4 is 0 Å². The van der Waals surface area contributed by atoms with Gasteiger partial charge in [-0.15, -0.1) is 11.3 Å². The second-order valence-corrected chi connectivity index (χ2v) is 6.14. The van der Waals surface area contributed by atoms with E-state index in [0.29, 0.717) is 26.0 Å². The van der Waals surface area contributed by atoms with Gasteiger partial charge < -0.3 is 5.11 Å². The van der Waals surface area contributed by atoms with Crippen molar-refractivity contribution in [3.8, 4) is 11.3 Å². The highest BCUT2D eigenvalue weighted by Crippen LogP contribution is 2.31. The normalized spacial score (nSPS) is 10.9. The van der Waals surface area contributed by atoms with E-state index in [-0.39, 0.29) is 5.56 Å². The van der Waals surface area contributed by atoms with Crippen LogP contribution in [0.1, 0.15) is 10.4 Å². The average Bonchev–Trinajstić information content (AvgIpc) is 2.84. The number of fused-ring (bicyclic) bond motifs is 1. The number of hydrogen-bond donors (Lipinski definition) is 1. The molecule has 3 aromatic rings. The van der Waals surface area contributed by atoms with E-state index in [1.165, 1.54) is 11.3 Å². The first-order chi connectivity index (χ1) is 9.54. The van der Waals surface area contributed by atoms with E-state index in [4.69, 9.17) is 23.2 Å². The molecule has 0 amide bonds. The van der Waals surface area contributed by atoms with Gasteiger partial charge >= 0.3 is 5.97 Å². The molecular formula is C14H7Cl2NO2S. The molecule has 2 heterocycles. The Hall–Kier alpha value is -1.62. The van der Waals surface area contributed by atoms with Crippen molar-refractivity contribution < 1.29 is 9.90 Å². The summed E-state index contributed by atoms with van der Waals surface area (Å²) < 4.78 is 0.634. The fourth-order valence-corrected chi connectivity index (χ4v) is 3.01. The molecule has 0 aliphatic rings. The molecule has 0 aliphatic heterocycles. The van der Waals surface area contributed by atoms with E-state index in [1.54, 1.807) is 30.3 Å². The number of benzene rings is 1. The molecule has 0 saturated carbocycles. The van der Waals surface area contributed by atoms with Crippen LogP contribution in [-0.2, 0) is 0 Å². The summed E-state index contributed by atoms with van der Waals surface area (Å²) in [5.41, 5.74) is 2.15. The van der Waals surface area contributed by atoms with Crippen LogP contribution >= 0.6 is 34.5 Å². The molecule has 6 heteroatoms. The van der Waals surface area contributed by atoms with E-state index in [9.17, 15) is 9.90 Å². The first-order valence-corrected chi connectivity index (χ1v) is 7.26. The number of nitrogens with zero attached hydrogens (tertiary/aromatic N) is 1. The van der Waals surface area contributed by atoms with Crippen molar-refractivity contribution in [3.63, 3.8) is 0 Å². The monoisotopic (exact) mass is 323 g/mol. The molecule has 0 spiro atoms. The van der Waals surface area contributed by atoms with E-state index < -0.39 is 5.97 Å². The summed E-state index contributed by atoms with van der Waals surface area (Å²) >= 11 is 13.2. The van der Waals surface area contributed by atoms with Gasteiger partial charge in [0.2, 0.25) is 0 Å². The van der Waals surface area contributed by atoms with Crippen molar-refractivity contribution >= 4 is 51.4 Å². The van der Waals surface area contributed by atoms with Crippen LogP contribution in [0.4, 0.5) is 0 Å². The quantitative estimate of drug-likeness (QED) is 0.724. The minimum atomic E-state index is -1.01. The maximum absolute atomic E-state index is 11.4. The number of aromatic carboxylic acids is 1. The van der Waals surface area contributed by atoms with E-state index in [0.717, 1.165) is 5.56 Å². The van der Waals surface area contributed by atoms with Gasteiger partial charge in [-0.3, -0.25) is 0 Å². The zero-order valence-electron chi connectivity index (χ0n) is 9.93. The zero-order valence-corrected chi connectivity index (χ0v) is 12.3. The van der Waals surface area contributed by atoms with Crippen molar-refractivity contribution in [2.24, 2.45) is 0 Å². The van der Waals surface area contributed by atoms with Crippen LogP contribution in [0.2, 0.25) is 9.36 Å². The molecule has 0 aliphatic carbocycles. The summed E-state index contributed by atoms with van der Waals surface area (Å²) in [6, 6.07) is 8.31. The number of pyridine rings is 1. The van der Waals surface area contributed by atoms with Gasteiger partial charge in [0, 0.05) is 21.4 Å². The summed E-state index contributed by atoms with van der Waals surface area (Å²) in [6.45, 7) is 0. The lowest BCUT2D eigenvalue weighted by atomic mass is 10.1. The molecule has 2 aromatic heterocycles. The minimum Gasteiger partial charge on any atom is -0.478 e. The smallest absolute Gasteiger partial charge is 0.336 e. The van der Waals surface area contributed by atoms with Gasteiger partial charge in [0.05, 0.1) is 21.1 Å². The van der Waals surface area contributed by atoms with E-state index in [2.05, 4.69) is 4.98 Å². The summed E-state index contributed by atoms with van der Waals surface area (Å²) in [6.07, 6.45) is 0. The van der Waals surface area contributed by atoms with Gasteiger partial charge in [-0.25, -0.2) is 9.78 Å². The Kier molecular flexibility index (Phi) is 3.38. The van der Waals surface area contributed by atoms with Crippen molar-refractivity contribution in [2.75, 3.05) is 0 Å². The van der Waals surface area contributed by atoms with Crippen molar-refractivity contribution in [2.45, 2.75) is 0 Å². The minimum absolute atomic E-state index is 0.176. The van der Waals surface area contributed by atoms with Crippen molar-refractivity contribution in [1.29, 1.82) is 0 Å². The van der Waals surface area contributed by atoms with Gasteiger partial charge in [0.1, 0.15) is 0 Å². The Labute approximate surface area is 128 Å². The second-order valence-electron chi connectivity index (χ2n) is 4.16. The highest BCUT2D eigenvalue weighted by atomic mass is 35.5. The second kappa shape index (κ2) is 5.05. The summed E-state index contributed by atoms with van der Waals surface area (Å²) in [5, 5.41) is 12.2. The first kappa shape index (κ1) is 13.4. The number of carboxylic acids is 1. The van der Waals surface area contributed by atoms with Crippen LogP contribution in [0.15, 0.2) is 35.7 Å². The molecule has 100 valence electrons. The third-order valence-electron chi connectivity index (χ3n) is 2.86. The number of halogens is 2. The predicted octanol–water partition coefficient (Wildman–Crippen LogP) is 4.97. The Morgan fingerprint density at radius 1 is 1.20 bits per heavy atom. The summed E-state index contributed by atoms with van der Waals surface area (Å²) in [5.74, 6) is -1.01. The lowest BCUT2D eigenvalue weighted by molar-refractivity contribution is 0.0699. The largest absolute Gasteiger partial charge is 0.478 e. The molecular weight excluding hydrogens is 317 g/mol. The molecule has 1 N–H and O–H groups in total. The van der Waals surface area contributed by atoms with Gasteiger partial charge in [0.25, 0.3) is 0 Å².